The van der Waals surface area contributed by atoms with Crippen molar-refractivity contribution in [2.75, 3.05) is 23.3 Å². The molecule has 3 rings (SSSR count). The zero-order valence-electron chi connectivity index (χ0n) is 13.7. The first-order valence-electron chi connectivity index (χ1n) is 8.09. The number of aromatic nitrogens is 2. The molecule has 1 aromatic carbocycles. The second-order valence-electron chi connectivity index (χ2n) is 5.90. The molecule has 9 heteroatoms. The molecule has 0 radical (unpaired) electrons. The Balaban J connectivity index is 1.59. The highest BCUT2D eigenvalue weighted by molar-refractivity contribution is 5.93. The summed E-state index contributed by atoms with van der Waals surface area (Å²) in [5.41, 5.74) is 0.414. The van der Waals surface area contributed by atoms with E-state index in [1.54, 1.807) is 18.5 Å². The second-order valence-corrected chi connectivity index (χ2v) is 5.90. The largest absolute Gasteiger partial charge is 0.573 e. The summed E-state index contributed by atoms with van der Waals surface area (Å²) in [4.78, 5) is 22.8. The van der Waals surface area contributed by atoms with Gasteiger partial charge in [0.25, 0.3) is 0 Å². The predicted molar refractivity (Wildman–Crippen MR) is 88.7 cm³/mol. The van der Waals surface area contributed by atoms with Crippen LogP contribution >= 0.6 is 0 Å². The van der Waals surface area contributed by atoms with Crippen LogP contribution in [0.4, 0.5) is 24.8 Å². The van der Waals surface area contributed by atoms with Gasteiger partial charge in [-0.2, -0.15) is 0 Å². The Kier molecular flexibility index (Phi) is 5.24. The van der Waals surface area contributed by atoms with Crippen molar-refractivity contribution in [2.45, 2.75) is 19.2 Å². The number of hydrogen-bond acceptors (Lipinski definition) is 5. The van der Waals surface area contributed by atoms with Gasteiger partial charge in [-0.15, -0.1) is 13.2 Å². The fraction of sp³-hybridized carbons (Fsp3) is 0.353. The van der Waals surface area contributed by atoms with Crippen LogP contribution in [-0.2, 0) is 4.79 Å². The number of anilines is 2. The van der Waals surface area contributed by atoms with Crippen LogP contribution in [0.1, 0.15) is 12.8 Å². The van der Waals surface area contributed by atoms with Crippen LogP contribution in [-0.4, -0.2) is 35.3 Å². The summed E-state index contributed by atoms with van der Waals surface area (Å²) < 4.78 is 40.3. The number of amides is 1. The molecule has 1 aliphatic heterocycles. The Labute approximate surface area is 148 Å². The molecular weight excluding hydrogens is 349 g/mol. The normalized spacial score (nSPS) is 17.7. The van der Waals surface area contributed by atoms with Gasteiger partial charge < -0.3 is 15.0 Å². The summed E-state index contributed by atoms with van der Waals surface area (Å²) in [5.74, 6) is -0.187. The average molecular weight is 366 g/mol. The minimum Gasteiger partial charge on any atom is -0.406 e. The number of ether oxygens (including phenoxy) is 1. The van der Waals surface area contributed by atoms with Gasteiger partial charge in [0.05, 0.1) is 5.92 Å². The molecule has 0 unspecified atom stereocenters. The zero-order valence-corrected chi connectivity index (χ0v) is 13.7. The number of nitrogens with zero attached hydrogens (tertiary/aromatic N) is 3. The van der Waals surface area contributed by atoms with E-state index in [2.05, 4.69) is 20.0 Å². The van der Waals surface area contributed by atoms with E-state index in [1.165, 1.54) is 12.1 Å². The van der Waals surface area contributed by atoms with Crippen LogP contribution in [0.15, 0.2) is 42.7 Å². The summed E-state index contributed by atoms with van der Waals surface area (Å²) >= 11 is 0. The third kappa shape index (κ3) is 4.84. The monoisotopic (exact) mass is 366 g/mol. The van der Waals surface area contributed by atoms with E-state index >= 15 is 0 Å². The summed E-state index contributed by atoms with van der Waals surface area (Å²) in [6.07, 6.45) is 0.113. The fourth-order valence-electron chi connectivity index (χ4n) is 2.81. The minimum atomic E-state index is -4.74. The number of benzene rings is 1. The Bertz CT molecular complexity index is 738. The van der Waals surface area contributed by atoms with Crippen LogP contribution in [0, 0.1) is 5.92 Å². The standard InChI is InChI=1S/C17H17F3N4O2/c18-17(19,20)26-14-6-4-13(5-7-14)23-15(25)12-3-1-10-24(11-12)16-21-8-2-9-22-16/h2,4-9,12H,1,3,10-11H2,(H,23,25)/t12-/m1/s1. The third-order valence-corrected chi connectivity index (χ3v) is 3.98. The lowest BCUT2D eigenvalue weighted by atomic mass is 9.97. The molecule has 0 aliphatic carbocycles. The maximum atomic E-state index is 12.5. The van der Waals surface area contributed by atoms with Gasteiger partial charge in [-0.3, -0.25) is 4.79 Å². The smallest absolute Gasteiger partial charge is 0.406 e. The molecule has 1 fully saturated rings. The first kappa shape index (κ1) is 18.0. The van der Waals surface area contributed by atoms with E-state index in [1.807, 2.05) is 4.90 Å². The van der Waals surface area contributed by atoms with Crippen molar-refractivity contribution < 1.29 is 22.7 Å². The van der Waals surface area contributed by atoms with E-state index in [9.17, 15) is 18.0 Å². The van der Waals surface area contributed by atoms with Crippen LogP contribution < -0.4 is 15.0 Å². The molecule has 1 aromatic heterocycles. The highest BCUT2D eigenvalue weighted by Crippen LogP contribution is 2.25. The number of carbonyl (C=O) groups excluding carboxylic acids is 1. The van der Waals surface area contributed by atoms with E-state index in [4.69, 9.17) is 0 Å². The third-order valence-electron chi connectivity index (χ3n) is 3.98. The maximum Gasteiger partial charge on any atom is 0.573 e. The van der Waals surface area contributed by atoms with Crippen LogP contribution in [0.3, 0.4) is 0 Å². The molecule has 1 atom stereocenters. The maximum absolute atomic E-state index is 12.5. The first-order valence-corrected chi connectivity index (χ1v) is 8.09. The van der Waals surface area contributed by atoms with Crippen molar-refractivity contribution in [3.8, 4) is 5.75 Å². The van der Waals surface area contributed by atoms with Gasteiger partial charge in [0.15, 0.2) is 0 Å². The van der Waals surface area contributed by atoms with Crippen molar-refractivity contribution >= 4 is 17.5 Å². The lowest BCUT2D eigenvalue weighted by Gasteiger charge is -2.31. The Morgan fingerprint density at radius 1 is 1.19 bits per heavy atom. The molecule has 26 heavy (non-hydrogen) atoms. The fourth-order valence-corrected chi connectivity index (χ4v) is 2.81. The summed E-state index contributed by atoms with van der Waals surface area (Å²) in [6.45, 7) is 1.27. The number of hydrogen-bond donors (Lipinski definition) is 1. The molecule has 2 heterocycles. The van der Waals surface area contributed by atoms with Gasteiger partial charge in [-0.25, -0.2) is 9.97 Å². The first-order chi connectivity index (χ1) is 12.4. The lowest BCUT2D eigenvalue weighted by Crippen LogP contribution is -2.41. The molecule has 1 aliphatic rings. The van der Waals surface area contributed by atoms with Gasteiger partial charge in [0, 0.05) is 31.2 Å². The van der Waals surface area contributed by atoms with Gasteiger partial charge in [-0.05, 0) is 43.2 Å². The van der Waals surface area contributed by atoms with Gasteiger partial charge in [0.2, 0.25) is 11.9 Å². The van der Waals surface area contributed by atoms with Crippen molar-refractivity contribution in [1.82, 2.24) is 9.97 Å². The van der Waals surface area contributed by atoms with Crippen molar-refractivity contribution in [3.63, 3.8) is 0 Å². The molecule has 0 saturated carbocycles. The molecule has 1 saturated heterocycles. The highest BCUT2D eigenvalue weighted by atomic mass is 19.4. The molecule has 138 valence electrons. The lowest BCUT2D eigenvalue weighted by molar-refractivity contribution is -0.274. The molecular formula is C17H17F3N4O2. The molecule has 1 amide bonds. The number of alkyl halides is 3. The molecule has 0 bridgehead atoms. The predicted octanol–water partition coefficient (Wildman–Crippen LogP) is 3.23. The zero-order chi connectivity index (χ0) is 18.6. The molecule has 2 aromatic rings. The summed E-state index contributed by atoms with van der Waals surface area (Å²) in [6, 6.07) is 6.80. The van der Waals surface area contributed by atoms with Crippen LogP contribution in [0.5, 0.6) is 5.75 Å². The summed E-state index contributed by atoms with van der Waals surface area (Å²) in [5, 5.41) is 2.73. The van der Waals surface area contributed by atoms with Crippen molar-refractivity contribution in [1.29, 1.82) is 0 Å². The second kappa shape index (κ2) is 7.59. The Morgan fingerprint density at radius 2 is 1.88 bits per heavy atom. The molecule has 6 nitrogen and oxygen atoms in total. The van der Waals surface area contributed by atoms with E-state index in [0.29, 0.717) is 18.2 Å². The topological polar surface area (TPSA) is 67.3 Å². The molecule has 1 N–H and O–H groups in total. The quantitative estimate of drug-likeness (QED) is 0.900. The van der Waals surface area contributed by atoms with Crippen LogP contribution in [0.25, 0.3) is 0 Å². The van der Waals surface area contributed by atoms with Gasteiger partial charge >= 0.3 is 6.36 Å². The molecule has 0 spiro atoms. The van der Waals surface area contributed by atoms with E-state index in [0.717, 1.165) is 31.5 Å². The number of rotatable bonds is 4. The van der Waals surface area contributed by atoms with Crippen LogP contribution in [0.2, 0.25) is 0 Å². The van der Waals surface area contributed by atoms with Gasteiger partial charge in [-0.1, -0.05) is 0 Å². The van der Waals surface area contributed by atoms with Crippen molar-refractivity contribution in [2.24, 2.45) is 5.92 Å². The van der Waals surface area contributed by atoms with Gasteiger partial charge in [0.1, 0.15) is 5.75 Å². The number of carbonyl (C=O) groups is 1. The number of piperidine rings is 1. The minimum absolute atomic E-state index is 0.185. The Hall–Kier alpha value is -2.84. The SMILES string of the molecule is O=C(Nc1ccc(OC(F)(F)F)cc1)[C@@H]1CCCN(c2ncccn2)C1. The average Bonchev–Trinajstić information content (AvgIpc) is 2.63. The number of nitrogens with one attached hydrogen (secondary N) is 1. The summed E-state index contributed by atoms with van der Waals surface area (Å²) in [7, 11) is 0. The Morgan fingerprint density at radius 3 is 2.54 bits per heavy atom. The van der Waals surface area contributed by atoms with E-state index in [-0.39, 0.29) is 17.6 Å². The highest BCUT2D eigenvalue weighted by Gasteiger charge is 2.31. The number of halogens is 3. The van der Waals surface area contributed by atoms with Crippen molar-refractivity contribution in [3.05, 3.63) is 42.7 Å². The van der Waals surface area contributed by atoms with E-state index < -0.39 is 6.36 Å².